The topological polar surface area (TPSA) is 76.4 Å². The predicted octanol–water partition coefficient (Wildman–Crippen LogP) is 0.499. The van der Waals surface area contributed by atoms with Crippen molar-refractivity contribution in [2.24, 2.45) is 7.05 Å². The van der Waals surface area contributed by atoms with Crippen LogP contribution >= 0.6 is 0 Å². The number of ether oxygens (including phenoxy) is 1. The maximum atomic E-state index is 12.5. The summed E-state index contributed by atoms with van der Waals surface area (Å²) >= 11 is 0. The molecule has 128 valence electrons. The van der Waals surface area contributed by atoms with E-state index in [0.29, 0.717) is 19.7 Å². The van der Waals surface area contributed by atoms with Crippen molar-refractivity contribution < 1.29 is 9.53 Å². The van der Waals surface area contributed by atoms with Crippen LogP contribution in [0.1, 0.15) is 18.5 Å². The van der Waals surface area contributed by atoms with Crippen LogP contribution in [-0.2, 0) is 16.6 Å². The number of aryl methyl sites for hydroxylation is 2. The summed E-state index contributed by atoms with van der Waals surface area (Å²) in [5.74, 6) is 1.03. The monoisotopic (exact) mass is 330 g/mol. The molecule has 0 aliphatic carbocycles. The molecule has 2 aromatic heterocycles. The number of rotatable bonds is 2. The molecule has 0 N–H and O–H groups in total. The van der Waals surface area contributed by atoms with Gasteiger partial charge in [0.1, 0.15) is 23.5 Å². The Morgan fingerprint density at radius 3 is 2.75 bits per heavy atom. The second-order valence-corrected chi connectivity index (χ2v) is 6.42. The van der Waals surface area contributed by atoms with Crippen LogP contribution in [0.4, 0.5) is 5.82 Å². The Hall–Kier alpha value is -2.22. The molecule has 24 heavy (non-hydrogen) atoms. The minimum absolute atomic E-state index is 0.136. The molecule has 1 amide bonds. The van der Waals surface area contributed by atoms with E-state index in [2.05, 4.69) is 20.0 Å². The summed E-state index contributed by atoms with van der Waals surface area (Å²) in [4.78, 5) is 25.4. The standard InChI is InChI=1S/C16H22N6O2/c1-11-13-14(20(2)19-11)15(18-10-17-13)21-5-7-22(8-6-21)16(23)12-4-3-9-24-12/h10,12H,3-9H2,1-2H3. The molecule has 0 aromatic carbocycles. The molecule has 2 saturated heterocycles. The molecular formula is C16H22N6O2. The Bertz CT molecular complexity index is 759. The molecule has 1 unspecified atom stereocenters. The van der Waals surface area contributed by atoms with Crippen LogP contribution in [0.2, 0.25) is 0 Å². The molecule has 4 heterocycles. The molecule has 0 radical (unpaired) electrons. The van der Waals surface area contributed by atoms with Crippen molar-refractivity contribution in [1.29, 1.82) is 0 Å². The van der Waals surface area contributed by atoms with Crippen molar-refractivity contribution in [1.82, 2.24) is 24.6 Å². The van der Waals surface area contributed by atoms with E-state index in [1.165, 1.54) is 0 Å². The summed E-state index contributed by atoms with van der Waals surface area (Å²) < 4.78 is 7.36. The van der Waals surface area contributed by atoms with Gasteiger partial charge in [0.05, 0.1) is 5.69 Å². The van der Waals surface area contributed by atoms with Crippen LogP contribution in [0.25, 0.3) is 11.0 Å². The summed E-state index contributed by atoms with van der Waals surface area (Å²) in [6, 6.07) is 0. The second-order valence-electron chi connectivity index (χ2n) is 6.42. The van der Waals surface area contributed by atoms with Crippen LogP contribution in [0.15, 0.2) is 6.33 Å². The number of carbonyl (C=O) groups excluding carboxylic acids is 1. The van der Waals surface area contributed by atoms with E-state index < -0.39 is 0 Å². The zero-order valence-electron chi connectivity index (χ0n) is 14.1. The number of anilines is 1. The summed E-state index contributed by atoms with van der Waals surface area (Å²) in [6.45, 7) is 5.57. The molecule has 2 aliphatic rings. The lowest BCUT2D eigenvalue weighted by Gasteiger charge is -2.36. The van der Waals surface area contributed by atoms with Gasteiger partial charge in [0.15, 0.2) is 5.82 Å². The summed E-state index contributed by atoms with van der Waals surface area (Å²) in [5.41, 5.74) is 2.75. The van der Waals surface area contributed by atoms with Crippen molar-refractivity contribution in [3.63, 3.8) is 0 Å². The zero-order chi connectivity index (χ0) is 16.7. The number of carbonyl (C=O) groups is 1. The van der Waals surface area contributed by atoms with E-state index in [4.69, 9.17) is 4.74 Å². The third kappa shape index (κ3) is 2.50. The van der Waals surface area contributed by atoms with Gasteiger partial charge in [-0.05, 0) is 19.8 Å². The van der Waals surface area contributed by atoms with Gasteiger partial charge < -0.3 is 14.5 Å². The van der Waals surface area contributed by atoms with Gasteiger partial charge in [0.25, 0.3) is 5.91 Å². The Balaban J connectivity index is 1.51. The largest absolute Gasteiger partial charge is 0.368 e. The summed E-state index contributed by atoms with van der Waals surface area (Å²) in [5, 5.41) is 4.45. The first kappa shape index (κ1) is 15.3. The van der Waals surface area contributed by atoms with Crippen LogP contribution in [0.5, 0.6) is 0 Å². The lowest BCUT2D eigenvalue weighted by Crippen LogP contribution is -2.51. The Labute approximate surface area is 140 Å². The van der Waals surface area contributed by atoms with E-state index in [0.717, 1.165) is 48.5 Å². The zero-order valence-corrected chi connectivity index (χ0v) is 14.1. The van der Waals surface area contributed by atoms with E-state index in [1.807, 2.05) is 23.6 Å². The van der Waals surface area contributed by atoms with Crippen molar-refractivity contribution in [3.05, 3.63) is 12.0 Å². The van der Waals surface area contributed by atoms with Crippen LogP contribution in [0.3, 0.4) is 0 Å². The highest BCUT2D eigenvalue weighted by molar-refractivity contribution is 5.88. The SMILES string of the molecule is Cc1nn(C)c2c(N3CCN(C(=O)C4CCCO4)CC3)ncnc12. The smallest absolute Gasteiger partial charge is 0.251 e. The number of hydrogen-bond donors (Lipinski definition) is 0. The third-order valence-corrected chi connectivity index (χ3v) is 4.87. The van der Waals surface area contributed by atoms with Gasteiger partial charge in [-0.3, -0.25) is 9.48 Å². The van der Waals surface area contributed by atoms with Crippen molar-refractivity contribution >= 4 is 22.8 Å². The van der Waals surface area contributed by atoms with Gasteiger partial charge in [0, 0.05) is 39.8 Å². The fourth-order valence-electron chi connectivity index (χ4n) is 3.60. The minimum atomic E-state index is -0.234. The van der Waals surface area contributed by atoms with Gasteiger partial charge in [-0.1, -0.05) is 0 Å². The van der Waals surface area contributed by atoms with E-state index >= 15 is 0 Å². The fraction of sp³-hybridized carbons (Fsp3) is 0.625. The maximum Gasteiger partial charge on any atom is 0.251 e. The van der Waals surface area contributed by atoms with Crippen molar-refractivity contribution in [2.75, 3.05) is 37.7 Å². The van der Waals surface area contributed by atoms with Crippen molar-refractivity contribution in [3.8, 4) is 0 Å². The number of hydrogen-bond acceptors (Lipinski definition) is 6. The van der Waals surface area contributed by atoms with E-state index in [9.17, 15) is 4.79 Å². The van der Waals surface area contributed by atoms with Gasteiger partial charge in [-0.2, -0.15) is 5.10 Å². The number of nitrogens with zero attached hydrogens (tertiary/aromatic N) is 6. The Morgan fingerprint density at radius 2 is 2.04 bits per heavy atom. The van der Waals surface area contributed by atoms with Crippen LogP contribution in [0, 0.1) is 6.92 Å². The van der Waals surface area contributed by atoms with Crippen molar-refractivity contribution in [2.45, 2.75) is 25.9 Å². The first-order valence-corrected chi connectivity index (χ1v) is 8.45. The normalized spacial score (nSPS) is 21.7. The number of aromatic nitrogens is 4. The number of fused-ring (bicyclic) bond motifs is 1. The van der Waals surface area contributed by atoms with E-state index in [1.54, 1.807) is 6.33 Å². The molecule has 2 aliphatic heterocycles. The van der Waals surface area contributed by atoms with Gasteiger partial charge in [-0.15, -0.1) is 0 Å². The first-order chi connectivity index (χ1) is 11.6. The molecule has 0 saturated carbocycles. The lowest BCUT2D eigenvalue weighted by molar-refractivity contribution is -0.141. The highest BCUT2D eigenvalue weighted by atomic mass is 16.5. The Morgan fingerprint density at radius 1 is 1.25 bits per heavy atom. The molecule has 8 heteroatoms. The first-order valence-electron chi connectivity index (χ1n) is 8.45. The Kier molecular flexibility index (Phi) is 3.84. The molecule has 4 rings (SSSR count). The van der Waals surface area contributed by atoms with Crippen LogP contribution in [-0.4, -0.2) is 69.4 Å². The number of amides is 1. The average molecular weight is 330 g/mol. The van der Waals surface area contributed by atoms with Gasteiger partial charge >= 0.3 is 0 Å². The predicted molar refractivity (Wildman–Crippen MR) is 88.8 cm³/mol. The molecule has 2 aromatic rings. The minimum Gasteiger partial charge on any atom is -0.368 e. The molecule has 8 nitrogen and oxygen atoms in total. The third-order valence-electron chi connectivity index (χ3n) is 4.87. The molecule has 0 bridgehead atoms. The molecule has 2 fully saturated rings. The van der Waals surface area contributed by atoms with Gasteiger partial charge in [0.2, 0.25) is 0 Å². The molecule has 0 spiro atoms. The average Bonchev–Trinajstić information content (AvgIpc) is 3.23. The number of piperazine rings is 1. The highest BCUT2D eigenvalue weighted by Gasteiger charge is 2.31. The molecular weight excluding hydrogens is 308 g/mol. The lowest BCUT2D eigenvalue weighted by atomic mass is 10.2. The van der Waals surface area contributed by atoms with Gasteiger partial charge in [-0.25, -0.2) is 9.97 Å². The van der Waals surface area contributed by atoms with Crippen LogP contribution < -0.4 is 4.90 Å². The van der Waals surface area contributed by atoms with E-state index in [-0.39, 0.29) is 12.0 Å². The summed E-state index contributed by atoms with van der Waals surface area (Å²) in [6.07, 6.45) is 3.19. The fourth-order valence-corrected chi connectivity index (χ4v) is 3.60. The second kappa shape index (κ2) is 6.01. The highest BCUT2D eigenvalue weighted by Crippen LogP contribution is 2.25. The maximum absolute atomic E-state index is 12.5. The molecule has 1 atom stereocenters. The summed E-state index contributed by atoms with van der Waals surface area (Å²) in [7, 11) is 1.92. The quantitative estimate of drug-likeness (QED) is 0.798.